The van der Waals surface area contributed by atoms with Crippen molar-refractivity contribution in [3.8, 4) is 11.5 Å². The second-order valence-corrected chi connectivity index (χ2v) is 5.97. The first kappa shape index (κ1) is 18.8. The molecule has 2 rings (SSSR count). The lowest BCUT2D eigenvalue weighted by Gasteiger charge is -2.31. The van der Waals surface area contributed by atoms with E-state index in [2.05, 4.69) is 5.32 Å². The van der Waals surface area contributed by atoms with Crippen LogP contribution in [0.2, 0.25) is 0 Å². The van der Waals surface area contributed by atoms with E-state index in [1.54, 1.807) is 20.1 Å². The van der Waals surface area contributed by atoms with E-state index in [1.165, 1.54) is 6.08 Å². The largest absolute Gasteiger partial charge is 0.493 e. The number of ether oxygens (including phenoxy) is 2. The Morgan fingerprint density at radius 2 is 2.00 bits per heavy atom. The first-order valence-electron chi connectivity index (χ1n) is 8.58. The minimum absolute atomic E-state index is 0.0918. The third kappa shape index (κ3) is 5.52. The van der Waals surface area contributed by atoms with Crippen LogP contribution in [-0.4, -0.2) is 49.6 Å². The van der Waals surface area contributed by atoms with E-state index in [0.29, 0.717) is 31.2 Å². The Bertz CT molecular complexity index is 634. The molecule has 1 saturated heterocycles. The summed E-state index contributed by atoms with van der Waals surface area (Å²) in [7, 11) is 1.59. The van der Waals surface area contributed by atoms with Crippen LogP contribution in [-0.2, 0) is 9.59 Å². The van der Waals surface area contributed by atoms with Gasteiger partial charge < -0.3 is 19.7 Å². The molecule has 25 heavy (non-hydrogen) atoms. The van der Waals surface area contributed by atoms with Gasteiger partial charge in [0.15, 0.2) is 11.5 Å². The van der Waals surface area contributed by atoms with E-state index >= 15 is 0 Å². The Kier molecular flexibility index (Phi) is 6.86. The summed E-state index contributed by atoms with van der Waals surface area (Å²) < 4.78 is 10.8. The number of nitrogens with one attached hydrogen (secondary N) is 1. The van der Waals surface area contributed by atoms with Crippen molar-refractivity contribution in [3.63, 3.8) is 0 Å². The van der Waals surface area contributed by atoms with Gasteiger partial charge in [-0.1, -0.05) is 6.07 Å². The molecule has 1 aliphatic rings. The summed E-state index contributed by atoms with van der Waals surface area (Å²) in [5.74, 6) is 1.29. The Morgan fingerprint density at radius 3 is 2.60 bits per heavy atom. The molecule has 6 heteroatoms. The number of hydrogen-bond donors (Lipinski definition) is 1. The van der Waals surface area contributed by atoms with E-state index in [9.17, 15) is 9.59 Å². The summed E-state index contributed by atoms with van der Waals surface area (Å²) in [6, 6.07) is 5.66. The van der Waals surface area contributed by atoms with E-state index in [0.717, 1.165) is 18.4 Å². The molecule has 0 atom stereocenters. The zero-order chi connectivity index (χ0) is 18.2. The fourth-order valence-electron chi connectivity index (χ4n) is 2.82. The minimum atomic E-state index is -0.130. The molecule has 1 aromatic rings. The third-order valence-corrected chi connectivity index (χ3v) is 4.20. The third-order valence-electron chi connectivity index (χ3n) is 4.20. The van der Waals surface area contributed by atoms with Gasteiger partial charge in [0.2, 0.25) is 11.8 Å². The minimum Gasteiger partial charge on any atom is -0.493 e. The van der Waals surface area contributed by atoms with Gasteiger partial charge in [-0.2, -0.15) is 0 Å². The summed E-state index contributed by atoms with van der Waals surface area (Å²) in [6.45, 7) is 5.45. The molecule has 1 aromatic carbocycles. The van der Waals surface area contributed by atoms with Crippen molar-refractivity contribution in [2.24, 2.45) is 0 Å². The summed E-state index contributed by atoms with van der Waals surface area (Å²) in [5.41, 5.74) is 0.863. The van der Waals surface area contributed by atoms with E-state index < -0.39 is 0 Å². The summed E-state index contributed by atoms with van der Waals surface area (Å²) in [6.07, 6.45) is 4.84. The fraction of sp³-hybridized carbons (Fsp3) is 0.474. The van der Waals surface area contributed by atoms with Crippen molar-refractivity contribution >= 4 is 17.9 Å². The highest BCUT2D eigenvalue weighted by Gasteiger charge is 2.21. The molecule has 2 amide bonds. The van der Waals surface area contributed by atoms with Crippen LogP contribution in [0, 0.1) is 0 Å². The van der Waals surface area contributed by atoms with Gasteiger partial charge in [-0.05, 0) is 43.5 Å². The van der Waals surface area contributed by atoms with Crippen molar-refractivity contribution in [2.45, 2.75) is 32.7 Å². The van der Waals surface area contributed by atoms with Crippen LogP contribution in [0.25, 0.3) is 6.08 Å². The Hall–Kier alpha value is -2.50. The molecule has 0 spiro atoms. The molecule has 0 saturated carbocycles. The zero-order valence-corrected chi connectivity index (χ0v) is 15.1. The standard InChI is InChI=1S/C19H26N2O4/c1-4-25-17-7-5-15(13-18(17)24-3)6-8-19(23)20-16-9-11-21(12-10-16)14(2)22/h5-8,13,16H,4,9-12H2,1-3H3,(H,20,23)/b8-6+. The smallest absolute Gasteiger partial charge is 0.244 e. The van der Waals surface area contributed by atoms with Crippen molar-refractivity contribution < 1.29 is 19.1 Å². The van der Waals surface area contributed by atoms with Crippen molar-refractivity contribution in [1.29, 1.82) is 0 Å². The first-order chi connectivity index (χ1) is 12.0. The number of carbonyl (C=O) groups is 2. The second-order valence-electron chi connectivity index (χ2n) is 5.97. The SMILES string of the molecule is CCOc1ccc(/C=C/C(=O)NC2CCN(C(C)=O)CC2)cc1OC. The molecule has 0 unspecified atom stereocenters. The van der Waals surface area contributed by atoms with Gasteiger partial charge in [0, 0.05) is 32.1 Å². The summed E-state index contributed by atoms with van der Waals surface area (Å²) in [5, 5.41) is 2.99. The lowest BCUT2D eigenvalue weighted by Crippen LogP contribution is -2.45. The molecule has 1 heterocycles. The number of carbonyl (C=O) groups excluding carboxylic acids is 2. The van der Waals surface area contributed by atoms with Gasteiger partial charge in [-0.15, -0.1) is 0 Å². The number of likely N-dealkylation sites (tertiary alicyclic amines) is 1. The van der Waals surface area contributed by atoms with Crippen molar-refractivity contribution in [2.75, 3.05) is 26.8 Å². The van der Waals surface area contributed by atoms with Gasteiger partial charge in [0.05, 0.1) is 13.7 Å². The lowest BCUT2D eigenvalue weighted by molar-refractivity contribution is -0.129. The van der Waals surface area contributed by atoms with Crippen LogP contribution in [0.1, 0.15) is 32.3 Å². The average Bonchev–Trinajstić information content (AvgIpc) is 2.61. The van der Waals surface area contributed by atoms with Gasteiger partial charge in [-0.3, -0.25) is 9.59 Å². The van der Waals surface area contributed by atoms with E-state index in [-0.39, 0.29) is 17.9 Å². The molecule has 1 aliphatic heterocycles. The fourth-order valence-corrected chi connectivity index (χ4v) is 2.82. The highest BCUT2D eigenvalue weighted by Crippen LogP contribution is 2.28. The number of benzene rings is 1. The second kappa shape index (κ2) is 9.11. The molecule has 1 N–H and O–H groups in total. The molecule has 1 fully saturated rings. The molecule has 6 nitrogen and oxygen atoms in total. The van der Waals surface area contributed by atoms with Crippen LogP contribution < -0.4 is 14.8 Å². The van der Waals surface area contributed by atoms with Crippen molar-refractivity contribution in [3.05, 3.63) is 29.8 Å². The lowest BCUT2D eigenvalue weighted by atomic mass is 10.0. The number of rotatable bonds is 6. The highest BCUT2D eigenvalue weighted by molar-refractivity contribution is 5.92. The summed E-state index contributed by atoms with van der Waals surface area (Å²) in [4.78, 5) is 25.2. The molecule has 0 bridgehead atoms. The van der Waals surface area contributed by atoms with E-state index in [1.807, 2.05) is 30.0 Å². The van der Waals surface area contributed by atoms with Gasteiger partial charge in [0.1, 0.15) is 0 Å². The molecule has 0 radical (unpaired) electrons. The number of amides is 2. The van der Waals surface area contributed by atoms with Gasteiger partial charge >= 0.3 is 0 Å². The maximum atomic E-state index is 12.1. The van der Waals surface area contributed by atoms with Crippen LogP contribution >= 0.6 is 0 Å². The predicted molar refractivity (Wildman–Crippen MR) is 96.6 cm³/mol. The van der Waals surface area contributed by atoms with Gasteiger partial charge in [-0.25, -0.2) is 0 Å². The van der Waals surface area contributed by atoms with Crippen molar-refractivity contribution in [1.82, 2.24) is 10.2 Å². The zero-order valence-electron chi connectivity index (χ0n) is 15.1. The van der Waals surface area contributed by atoms with Gasteiger partial charge in [0.25, 0.3) is 0 Å². The van der Waals surface area contributed by atoms with E-state index in [4.69, 9.17) is 9.47 Å². The molecule has 0 aliphatic carbocycles. The topological polar surface area (TPSA) is 67.9 Å². The maximum absolute atomic E-state index is 12.1. The molecular weight excluding hydrogens is 320 g/mol. The number of methoxy groups -OCH3 is 1. The van der Waals surface area contributed by atoms with Crippen LogP contribution in [0.4, 0.5) is 0 Å². The molecule has 136 valence electrons. The summed E-state index contributed by atoms with van der Waals surface area (Å²) >= 11 is 0. The Labute approximate surface area is 148 Å². The number of nitrogens with zero attached hydrogens (tertiary/aromatic N) is 1. The predicted octanol–water partition coefficient (Wildman–Crippen LogP) is 2.23. The normalized spacial score (nSPS) is 15.2. The number of piperidine rings is 1. The highest BCUT2D eigenvalue weighted by atomic mass is 16.5. The maximum Gasteiger partial charge on any atom is 0.244 e. The number of hydrogen-bond acceptors (Lipinski definition) is 4. The average molecular weight is 346 g/mol. The Balaban J connectivity index is 1.89. The van der Waals surface area contributed by atoms with Crippen LogP contribution in [0.5, 0.6) is 11.5 Å². The monoisotopic (exact) mass is 346 g/mol. The van der Waals surface area contributed by atoms with Crippen LogP contribution in [0.15, 0.2) is 24.3 Å². The molecular formula is C19H26N2O4. The first-order valence-corrected chi connectivity index (χ1v) is 8.58. The Morgan fingerprint density at radius 1 is 1.28 bits per heavy atom. The molecule has 0 aromatic heterocycles. The quantitative estimate of drug-likeness (QED) is 0.802. The van der Waals surface area contributed by atoms with Crippen LogP contribution in [0.3, 0.4) is 0 Å².